The Hall–Kier alpha value is -2.41. The van der Waals surface area contributed by atoms with Crippen molar-refractivity contribution >= 4 is 21.6 Å². The van der Waals surface area contributed by atoms with Crippen LogP contribution in [0.4, 0.5) is 5.82 Å². The Balaban J connectivity index is 1.75. The zero-order chi connectivity index (χ0) is 19.4. The summed E-state index contributed by atoms with van der Waals surface area (Å²) < 4.78 is 23.6. The second-order valence-electron chi connectivity index (χ2n) is 6.85. The van der Waals surface area contributed by atoms with E-state index in [0.29, 0.717) is 24.3 Å². The number of hydrogen-bond donors (Lipinski definition) is 1. The lowest BCUT2D eigenvalue weighted by Gasteiger charge is -2.28. The topological polar surface area (TPSA) is 79.4 Å². The number of nitrogens with zero attached hydrogens (tertiary/aromatic N) is 2. The molecule has 2 heterocycles. The Morgan fingerprint density at radius 2 is 2.04 bits per heavy atom. The van der Waals surface area contributed by atoms with E-state index in [1.807, 2.05) is 49.1 Å². The van der Waals surface area contributed by atoms with E-state index in [1.165, 1.54) is 0 Å². The molecule has 0 saturated carbocycles. The molecular weight excluding hydrogens is 362 g/mol. The fourth-order valence-corrected chi connectivity index (χ4v) is 5.18. The van der Waals surface area contributed by atoms with Gasteiger partial charge in [0.25, 0.3) is 5.91 Å². The summed E-state index contributed by atoms with van der Waals surface area (Å²) in [6.07, 6.45) is 2.20. The van der Waals surface area contributed by atoms with Crippen molar-refractivity contribution in [3.63, 3.8) is 0 Å². The number of hydrogen-bond acceptors (Lipinski definition) is 5. The van der Waals surface area contributed by atoms with E-state index < -0.39 is 9.84 Å². The average Bonchev–Trinajstić information content (AvgIpc) is 3.02. The molecule has 2 unspecified atom stereocenters. The van der Waals surface area contributed by atoms with Crippen LogP contribution in [0.25, 0.3) is 0 Å². The van der Waals surface area contributed by atoms with Crippen molar-refractivity contribution in [2.24, 2.45) is 0 Å². The van der Waals surface area contributed by atoms with Gasteiger partial charge < -0.3 is 10.2 Å². The molecule has 1 aliphatic rings. The predicted molar refractivity (Wildman–Crippen MR) is 107 cm³/mol. The van der Waals surface area contributed by atoms with E-state index in [-0.39, 0.29) is 29.5 Å². The Morgan fingerprint density at radius 1 is 1.30 bits per heavy atom. The monoisotopic (exact) mass is 387 g/mol. The summed E-state index contributed by atoms with van der Waals surface area (Å²) in [6, 6.07) is 13.0. The van der Waals surface area contributed by atoms with Gasteiger partial charge in [-0.2, -0.15) is 0 Å². The first-order valence-corrected chi connectivity index (χ1v) is 11.0. The summed E-state index contributed by atoms with van der Waals surface area (Å²) in [7, 11) is -2.98. The number of sulfone groups is 1. The molecule has 1 fully saturated rings. The molecule has 0 aliphatic carbocycles. The smallest absolute Gasteiger partial charge is 0.251 e. The van der Waals surface area contributed by atoms with E-state index in [9.17, 15) is 13.2 Å². The summed E-state index contributed by atoms with van der Waals surface area (Å²) in [6.45, 7) is 4.55. The lowest BCUT2D eigenvalue weighted by Crippen LogP contribution is -2.37. The van der Waals surface area contributed by atoms with E-state index in [2.05, 4.69) is 10.3 Å². The maximum atomic E-state index is 12.7. The highest BCUT2D eigenvalue weighted by Gasteiger charge is 2.32. The highest BCUT2D eigenvalue weighted by molar-refractivity contribution is 7.91. The quantitative estimate of drug-likeness (QED) is 0.824. The van der Waals surface area contributed by atoms with Gasteiger partial charge in [-0.3, -0.25) is 4.79 Å². The molecule has 1 N–H and O–H groups in total. The molecule has 2 atom stereocenters. The van der Waals surface area contributed by atoms with Crippen LogP contribution in [0.1, 0.15) is 42.2 Å². The van der Waals surface area contributed by atoms with Crippen LogP contribution in [0.2, 0.25) is 0 Å². The zero-order valence-corrected chi connectivity index (χ0v) is 16.4. The first kappa shape index (κ1) is 19.4. The fraction of sp³-hybridized carbons (Fsp3) is 0.400. The summed E-state index contributed by atoms with van der Waals surface area (Å²) in [5.41, 5.74) is 1.55. The molecule has 27 heavy (non-hydrogen) atoms. The fourth-order valence-electron chi connectivity index (χ4n) is 3.45. The van der Waals surface area contributed by atoms with Gasteiger partial charge in [-0.25, -0.2) is 13.4 Å². The molecule has 7 heteroatoms. The van der Waals surface area contributed by atoms with Crippen molar-refractivity contribution in [1.82, 2.24) is 10.3 Å². The Kier molecular flexibility index (Phi) is 5.79. The minimum atomic E-state index is -2.98. The van der Waals surface area contributed by atoms with Crippen LogP contribution in [-0.2, 0) is 9.84 Å². The number of benzene rings is 1. The number of anilines is 1. The number of rotatable bonds is 6. The zero-order valence-electron chi connectivity index (χ0n) is 15.6. The summed E-state index contributed by atoms with van der Waals surface area (Å²) in [4.78, 5) is 19.0. The average molecular weight is 388 g/mol. The molecule has 1 aromatic carbocycles. The standard InChI is InChI=1S/C20H25N3O3S/c1-3-23(18-10-12-27(25,26)14-18)19-13-17(9-11-21-19)20(24)22-15(2)16-7-5-4-6-8-16/h4-9,11,13,15,18H,3,10,12,14H2,1-2H3,(H,22,24). The van der Waals surface area contributed by atoms with Crippen molar-refractivity contribution < 1.29 is 13.2 Å². The lowest BCUT2D eigenvalue weighted by atomic mass is 10.1. The highest BCUT2D eigenvalue weighted by Crippen LogP contribution is 2.23. The number of aromatic nitrogens is 1. The van der Waals surface area contributed by atoms with Crippen molar-refractivity contribution in [1.29, 1.82) is 0 Å². The third kappa shape index (κ3) is 4.66. The van der Waals surface area contributed by atoms with Crippen LogP contribution in [-0.4, -0.2) is 43.4 Å². The van der Waals surface area contributed by atoms with Gasteiger partial charge in [0.05, 0.1) is 17.5 Å². The van der Waals surface area contributed by atoms with E-state index in [0.717, 1.165) is 5.56 Å². The minimum absolute atomic E-state index is 0.0888. The maximum absolute atomic E-state index is 12.7. The van der Waals surface area contributed by atoms with Crippen LogP contribution in [0.5, 0.6) is 0 Å². The molecule has 2 aromatic rings. The van der Waals surface area contributed by atoms with Gasteiger partial charge in [-0.05, 0) is 38.0 Å². The van der Waals surface area contributed by atoms with Crippen LogP contribution in [0.15, 0.2) is 48.7 Å². The van der Waals surface area contributed by atoms with Gasteiger partial charge in [-0.1, -0.05) is 30.3 Å². The molecular formula is C20H25N3O3S. The van der Waals surface area contributed by atoms with E-state index in [4.69, 9.17) is 0 Å². The molecule has 144 valence electrons. The summed E-state index contributed by atoms with van der Waals surface area (Å²) >= 11 is 0. The molecule has 0 radical (unpaired) electrons. The molecule has 0 bridgehead atoms. The highest BCUT2D eigenvalue weighted by atomic mass is 32.2. The first-order chi connectivity index (χ1) is 12.9. The second kappa shape index (κ2) is 8.08. The van der Waals surface area contributed by atoms with Crippen LogP contribution in [0, 0.1) is 0 Å². The predicted octanol–water partition coefficient (Wildman–Crippen LogP) is 2.59. The van der Waals surface area contributed by atoms with Gasteiger partial charge in [0.1, 0.15) is 5.82 Å². The van der Waals surface area contributed by atoms with Crippen molar-refractivity contribution in [2.45, 2.75) is 32.4 Å². The number of carbonyl (C=O) groups excluding carboxylic acids is 1. The summed E-state index contributed by atoms with van der Waals surface area (Å²) in [5, 5.41) is 3.00. The molecule has 1 aliphatic heterocycles. The Bertz CT molecular complexity index is 900. The van der Waals surface area contributed by atoms with Crippen LogP contribution >= 0.6 is 0 Å². The van der Waals surface area contributed by atoms with E-state index >= 15 is 0 Å². The molecule has 1 amide bonds. The first-order valence-electron chi connectivity index (χ1n) is 9.18. The SMILES string of the molecule is CCN(c1cc(C(=O)NC(C)c2ccccc2)ccn1)C1CCS(=O)(=O)C1. The Labute approximate surface area is 160 Å². The third-order valence-electron chi connectivity index (χ3n) is 4.94. The van der Waals surface area contributed by atoms with Gasteiger partial charge in [-0.15, -0.1) is 0 Å². The second-order valence-corrected chi connectivity index (χ2v) is 9.08. The largest absolute Gasteiger partial charge is 0.353 e. The number of pyridine rings is 1. The maximum Gasteiger partial charge on any atom is 0.251 e. The Morgan fingerprint density at radius 3 is 2.67 bits per heavy atom. The molecule has 1 aromatic heterocycles. The minimum Gasteiger partial charge on any atom is -0.353 e. The van der Waals surface area contributed by atoms with E-state index in [1.54, 1.807) is 18.3 Å². The van der Waals surface area contributed by atoms with Gasteiger partial charge in [0.15, 0.2) is 9.84 Å². The van der Waals surface area contributed by atoms with Gasteiger partial charge in [0, 0.05) is 24.3 Å². The van der Waals surface area contributed by atoms with Crippen molar-refractivity contribution in [3.05, 3.63) is 59.8 Å². The lowest BCUT2D eigenvalue weighted by molar-refractivity contribution is 0.0939. The van der Waals surface area contributed by atoms with Crippen LogP contribution < -0.4 is 10.2 Å². The molecule has 1 saturated heterocycles. The number of carbonyl (C=O) groups is 1. The number of amides is 1. The molecule has 3 rings (SSSR count). The molecule has 6 nitrogen and oxygen atoms in total. The number of nitrogens with one attached hydrogen (secondary N) is 1. The van der Waals surface area contributed by atoms with Gasteiger partial charge >= 0.3 is 0 Å². The van der Waals surface area contributed by atoms with Crippen LogP contribution in [0.3, 0.4) is 0 Å². The van der Waals surface area contributed by atoms with Crippen molar-refractivity contribution in [2.75, 3.05) is 23.0 Å². The van der Waals surface area contributed by atoms with Gasteiger partial charge in [0.2, 0.25) is 0 Å². The van der Waals surface area contributed by atoms with Crippen molar-refractivity contribution in [3.8, 4) is 0 Å². The molecule has 0 spiro atoms. The summed E-state index contributed by atoms with van der Waals surface area (Å²) in [5.74, 6) is 0.817. The third-order valence-corrected chi connectivity index (χ3v) is 6.69. The normalized spacial score (nSPS) is 19.4.